The molecule has 0 bridgehead atoms. The molecule has 0 spiro atoms. The minimum Gasteiger partial charge on any atom is -0.481 e. The van der Waals surface area contributed by atoms with Crippen LogP contribution < -0.4 is 9.80 Å². The summed E-state index contributed by atoms with van der Waals surface area (Å²) in [7, 11) is 0. The number of fused-ring (bicyclic) bond motifs is 1. The Bertz CT molecular complexity index is 1580. The van der Waals surface area contributed by atoms with Crippen LogP contribution in [0.3, 0.4) is 0 Å². The van der Waals surface area contributed by atoms with Crippen molar-refractivity contribution in [2.75, 3.05) is 29.4 Å². The van der Waals surface area contributed by atoms with Crippen LogP contribution in [-0.4, -0.2) is 50.6 Å². The molecule has 1 N–H and O–H groups in total. The average Bonchev–Trinajstić information content (AvgIpc) is 2.98. The lowest BCUT2D eigenvalue weighted by Crippen LogP contribution is -2.38. The Hall–Kier alpha value is -4.04. The first-order valence-electron chi connectivity index (χ1n) is 14.0. The van der Waals surface area contributed by atoms with Crippen LogP contribution in [0, 0.1) is 5.41 Å². The molecular formula is C32H33ClN6O2. The van der Waals surface area contributed by atoms with Crippen LogP contribution in [0.15, 0.2) is 61.2 Å². The summed E-state index contributed by atoms with van der Waals surface area (Å²) in [6.07, 6.45) is 9.92. The highest BCUT2D eigenvalue weighted by molar-refractivity contribution is 6.31. The molecule has 9 heteroatoms. The van der Waals surface area contributed by atoms with E-state index in [-0.39, 0.29) is 17.0 Å². The number of anilines is 2. The van der Waals surface area contributed by atoms with Crippen LogP contribution in [0.2, 0.25) is 5.15 Å². The first-order valence-corrected chi connectivity index (χ1v) is 14.4. The number of carbonyl (C=O) groups is 1. The van der Waals surface area contributed by atoms with Crippen LogP contribution >= 0.6 is 11.6 Å². The van der Waals surface area contributed by atoms with Crippen molar-refractivity contribution in [1.29, 1.82) is 0 Å². The van der Waals surface area contributed by atoms with E-state index in [1.54, 1.807) is 18.6 Å². The second-order valence-corrected chi connectivity index (χ2v) is 12.0. The SMILES string of the molecule is CC1(C)CCN(c2c(-c3ccc4c(c3)CCN(c3nccc(-c5cccnc5)n3)C4)cnc(Cl)c2CC(=O)O)CC1. The van der Waals surface area contributed by atoms with Gasteiger partial charge in [0.2, 0.25) is 5.95 Å². The fourth-order valence-corrected chi connectivity index (χ4v) is 6.01. The zero-order chi connectivity index (χ0) is 28.6. The lowest BCUT2D eigenvalue weighted by atomic mass is 9.82. The van der Waals surface area contributed by atoms with E-state index in [1.165, 1.54) is 11.1 Å². The summed E-state index contributed by atoms with van der Waals surface area (Å²) in [6, 6.07) is 12.3. The van der Waals surface area contributed by atoms with E-state index in [2.05, 4.69) is 56.8 Å². The number of hydrogen-bond donors (Lipinski definition) is 1. The second-order valence-electron chi connectivity index (χ2n) is 11.7. The highest BCUT2D eigenvalue weighted by Crippen LogP contribution is 2.41. The number of benzene rings is 1. The average molecular weight is 569 g/mol. The molecule has 2 aliphatic rings. The van der Waals surface area contributed by atoms with Gasteiger partial charge in [0.05, 0.1) is 17.8 Å². The maximum atomic E-state index is 11.8. The van der Waals surface area contributed by atoms with E-state index < -0.39 is 5.97 Å². The summed E-state index contributed by atoms with van der Waals surface area (Å²) in [6.45, 7) is 7.79. The van der Waals surface area contributed by atoms with E-state index in [0.717, 1.165) is 67.0 Å². The van der Waals surface area contributed by atoms with E-state index in [0.29, 0.717) is 18.1 Å². The van der Waals surface area contributed by atoms with Crippen molar-refractivity contribution < 1.29 is 9.90 Å². The van der Waals surface area contributed by atoms with Gasteiger partial charge in [-0.3, -0.25) is 9.78 Å². The van der Waals surface area contributed by atoms with E-state index in [1.807, 2.05) is 24.4 Å². The van der Waals surface area contributed by atoms with Crippen LogP contribution in [0.1, 0.15) is 43.4 Å². The standard InChI is InChI=1S/C32H33ClN6O2/c1-32(2)9-14-38(15-10-32)29-25(17-28(40)41)30(33)36-19-26(29)22-5-6-24-20-39(13-8-21(24)16-22)31-35-12-7-27(37-31)23-4-3-11-34-18-23/h3-7,11-12,16,18-19H,8-10,13-15,17,20H2,1-2H3,(H,40,41). The summed E-state index contributed by atoms with van der Waals surface area (Å²) in [4.78, 5) is 34.4. The molecule has 3 aromatic heterocycles. The maximum absolute atomic E-state index is 11.8. The number of piperidine rings is 1. The van der Waals surface area contributed by atoms with Crippen molar-refractivity contribution in [2.24, 2.45) is 5.41 Å². The second kappa shape index (κ2) is 11.1. The van der Waals surface area contributed by atoms with Gasteiger partial charge in [-0.1, -0.05) is 43.6 Å². The maximum Gasteiger partial charge on any atom is 0.308 e. The van der Waals surface area contributed by atoms with E-state index in [9.17, 15) is 9.90 Å². The number of halogens is 1. The Kier molecular flexibility index (Phi) is 7.34. The molecule has 8 nitrogen and oxygen atoms in total. The molecule has 0 aliphatic carbocycles. The molecule has 4 aromatic rings. The minimum absolute atomic E-state index is 0.160. The summed E-state index contributed by atoms with van der Waals surface area (Å²) < 4.78 is 0. The molecule has 1 aromatic carbocycles. The van der Waals surface area contributed by atoms with Gasteiger partial charge in [0.25, 0.3) is 0 Å². The van der Waals surface area contributed by atoms with Gasteiger partial charge in [-0.15, -0.1) is 0 Å². The van der Waals surface area contributed by atoms with Crippen molar-refractivity contribution in [1.82, 2.24) is 19.9 Å². The molecule has 0 radical (unpaired) electrons. The Labute approximate surface area is 245 Å². The molecule has 2 aliphatic heterocycles. The molecule has 0 saturated carbocycles. The first-order chi connectivity index (χ1) is 19.8. The lowest BCUT2D eigenvalue weighted by Gasteiger charge is -2.40. The molecule has 0 amide bonds. The number of pyridine rings is 2. The van der Waals surface area contributed by atoms with Gasteiger partial charge in [0, 0.05) is 67.7 Å². The third-order valence-electron chi connectivity index (χ3n) is 8.27. The fraction of sp³-hybridized carbons (Fsp3) is 0.344. The quantitative estimate of drug-likeness (QED) is 0.280. The number of carboxylic acids is 1. The van der Waals surface area contributed by atoms with Crippen molar-refractivity contribution in [3.8, 4) is 22.4 Å². The predicted molar refractivity (Wildman–Crippen MR) is 161 cm³/mol. The molecule has 6 rings (SSSR count). The normalized spacial score (nSPS) is 16.4. The predicted octanol–water partition coefficient (Wildman–Crippen LogP) is 6.07. The zero-order valence-corrected chi connectivity index (χ0v) is 24.1. The number of aliphatic carboxylic acids is 1. The van der Waals surface area contributed by atoms with Crippen LogP contribution in [0.5, 0.6) is 0 Å². The molecule has 5 heterocycles. The van der Waals surface area contributed by atoms with Crippen LogP contribution in [0.4, 0.5) is 11.6 Å². The fourth-order valence-electron chi connectivity index (χ4n) is 5.80. The summed E-state index contributed by atoms with van der Waals surface area (Å²) in [5.74, 6) is -0.207. The minimum atomic E-state index is -0.912. The molecule has 1 saturated heterocycles. The monoisotopic (exact) mass is 568 g/mol. The summed E-state index contributed by atoms with van der Waals surface area (Å²) >= 11 is 6.53. The van der Waals surface area contributed by atoms with Crippen molar-refractivity contribution >= 4 is 29.2 Å². The highest BCUT2D eigenvalue weighted by Gasteiger charge is 2.30. The smallest absolute Gasteiger partial charge is 0.308 e. The molecular weight excluding hydrogens is 536 g/mol. The van der Waals surface area contributed by atoms with Gasteiger partial charge >= 0.3 is 5.97 Å². The van der Waals surface area contributed by atoms with Gasteiger partial charge < -0.3 is 14.9 Å². The van der Waals surface area contributed by atoms with Gasteiger partial charge in [0.15, 0.2) is 0 Å². The van der Waals surface area contributed by atoms with Gasteiger partial charge in [-0.25, -0.2) is 15.0 Å². The zero-order valence-electron chi connectivity index (χ0n) is 23.3. The molecule has 1 fully saturated rings. The molecule has 210 valence electrons. The Morgan fingerprint density at radius 2 is 1.80 bits per heavy atom. The van der Waals surface area contributed by atoms with Gasteiger partial charge in [0.1, 0.15) is 5.15 Å². The largest absolute Gasteiger partial charge is 0.481 e. The van der Waals surface area contributed by atoms with Gasteiger partial charge in [-0.05, 0) is 59.6 Å². The van der Waals surface area contributed by atoms with Crippen molar-refractivity contribution in [3.63, 3.8) is 0 Å². The topological polar surface area (TPSA) is 95.3 Å². The summed E-state index contributed by atoms with van der Waals surface area (Å²) in [5.41, 5.74) is 8.03. The molecule has 0 unspecified atom stereocenters. The lowest BCUT2D eigenvalue weighted by molar-refractivity contribution is -0.136. The van der Waals surface area contributed by atoms with E-state index in [4.69, 9.17) is 16.6 Å². The van der Waals surface area contributed by atoms with Crippen LogP contribution in [-0.2, 0) is 24.2 Å². The van der Waals surface area contributed by atoms with Crippen molar-refractivity contribution in [3.05, 3.63) is 83.0 Å². The Balaban J connectivity index is 1.31. The van der Waals surface area contributed by atoms with E-state index >= 15 is 0 Å². The highest BCUT2D eigenvalue weighted by atomic mass is 35.5. The molecule has 41 heavy (non-hydrogen) atoms. The number of hydrogen-bond acceptors (Lipinski definition) is 7. The van der Waals surface area contributed by atoms with Crippen LogP contribution in [0.25, 0.3) is 22.4 Å². The third-order valence-corrected chi connectivity index (χ3v) is 8.60. The Morgan fingerprint density at radius 3 is 2.56 bits per heavy atom. The van der Waals surface area contributed by atoms with Gasteiger partial charge in [-0.2, -0.15) is 0 Å². The number of carboxylic acid groups (broad SMARTS) is 1. The number of rotatable bonds is 6. The Morgan fingerprint density at radius 1 is 0.976 bits per heavy atom. The molecule has 0 atom stereocenters. The summed E-state index contributed by atoms with van der Waals surface area (Å²) in [5, 5.41) is 9.96. The number of aromatic nitrogens is 4. The van der Waals surface area contributed by atoms with Crippen molar-refractivity contribution in [2.45, 2.75) is 46.1 Å². The third kappa shape index (κ3) is 5.75. The number of nitrogens with zero attached hydrogens (tertiary/aromatic N) is 6. The first kappa shape index (κ1) is 27.1.